The molecule has 1 heterocycles. The molecule has 3 aromatic rings. The van der Waals surface area contributed by atoms with E-state index in [9.17, 15) is 8.42 Å². The lowest BCUT2D eigenvalue weighted by atomic mass is 9.87. The van der Waals surface area contributed by atoms with Crippen molar-refractivity contribution in [3.8, 4) is 11.6 Å². The molecule has 0 aliphatic carbocycles. The average Bonchev–Trinajstić information content (AvgIpc) is 3.05. The second-order valence-corrected chi connectivity index (χ2v) is 9.67. The summed E-state index contributed by atoms with van der Waals surface area (Å²) in [5.74, 6) is 0.316. The third-order valence-corrected chi connectivity index (χ3v) is 5.73. The molecule has 0 N–H and O–H groups in total. The monoisotopic (exact) mass is 398 g/mol. The Kier molecular flexibility index (Phi) is 5.35. The molecule has 0 aliphatic rings. The Balaban J connectivity index is 1.98. The van der Waals surface area contributed by atoms with E-state index in [2.05, 4.69) is 25.9 Å². The zero-order chi connectivity index (χ0) is 20.5. The maximum atomic E-state index is 12.9. The highest BCUT2D eigenvalue weighted by Gasteiger charge is 2.23. The molecule has 0 saturated heterocycles. The minimum atomic E-state index is -3.98. The highest BCUT2D eigenvalue weighted by Crippen LogP contribution is 2.28. The first-order chi connectivity index (χ1) is 13.1. The van der Waals surface area contributed by atoms with E-state index >= 15 is 0 Å². The van der Waals surface area contributed by atoms with Crippen LogP contribution in [-0.4, -0.2) is 18.2 Å². The van der Waals surface area contributed by atoms with Gasteiger partial charge in [-0.25, -0.2) is 0 Å². The molecule has 0 spiro atoms. The molecule has 1 aromatic heterocycles. The molecule has 0 aliphatic heterocycles. The van der Waals surface area contributed by atoms with Gasteiger partial charge in [-0.05, 0) is 41.2 Å². The average molecular weight is 399 g/mol. The van der Waals surface area contributed by atoms with E-state index in [1.165, 1.54) is 4.68 Å². The molecule has 0 amide bonds. The summed E-state index contributed by atoms with van der Waals surface area (Å²) in [4.78, 5) is 0.118. The fourth-order valence-corrected chi connectivity index (χ4v) is 3.67. The summed E-state index contributed by atoms with van der Waals surface area (Å²) in [5, 5.41) is 4.53. The van der Waals surface area contributed by atoms with E-state index in [4.69, 9.17) is 4.18 Å². The van der Waals surface area contributed by atoms with Crippen LogP contribution in [0.4, 0.5) is 0 Å². The van der Waals surface area contributed by atoms with Crippen molar-refractivity contribution in [1.29, 1.82) is 0 Å². The SMILES string of the molecule is CC(C)c1cc(OS(=O)(=O)c2ccc(C(C)(C)C)cc2)n(-c2ccccc2)n1. The molecule has 0 atom stereocenters. The van der Waals surface area contributed by atoms with Crippen molar-refractivity contribution in [3.05, 3.63) is 71.9 Å². The van der Waals surface area contributed by atoms with Gasteiger partial charge < -0.3 is 4.18 Å². The highest BCUT2D eigenvalue weighted by atomic mass is 32.2. The van der Waals surface area contributed by atoms with Crippen LogP contribution in [0.3, 0.4) is 0 Å². The van der Waals surface area contributed by atoms with Crippen LogP contribution >= 0.6 is 0 Å². The molecule has 0 saturated carbocycles. The Labute approximate surface area is 167 Å². The molecule has 0 unspecified atom stereocenters. The summed E-state index contributed by atoms with van der Waals surface area (Å²) >= 11 is 0. The van der Waals surface area contributed by atoms with Gasteiger partial charge >= 0.3 is 10.1 Å². The molecule has 0 bridgehead atoms. The number of hydrogen-bond donors (Lipinski definition) is 0. The standard InChI is InChI=1S/C22H26N2O3S/c1-16(2)20-15-21(24(23-20)18-9-7-6-8-10-18)27-28(25,26)19-13-11-17(12-14-19)22(3,4)5/h6-16H,1-5H3. The van der Waals surface area contributed by atoms with Crippen molar-refractivity contribution in [2.24, 2.45) is 0 Å². The Morgan fingerprint density at radius 2 is 1.57 bits per heavy atom. The molecule has 5 nitrogen and oxygen atoms in total. The van der Waals surface area contributed by atoms with Crippen LogP contribution in [0.5, 0.6) is 5.88 Å². The summed E-state index contributed by atoms with van der Waals surface area (Å²) in [5.41, 5.74) is 2.50. The number of benzene rings is 2. The first kappa shape index (κ1) is 20.1. The van der Waals surface area contributed by atoms with Gasteiger partial charge in [-0.2, -0.15) is 18.2 Å². The molecule has 0 fully saturated rings. The first-order valence-corrected chi connectivity index (χ1v) is 10.7. The summed E-state index contributed by atoms with van der Waals surface area (Å²) in [6.07, 6.45) is 0. The van der Waals surface area contributed by atoms with Gasteiger partial charge in [0, 0.05) is 6.07 Å². The van der Waals surface area contributed by atoms with Crippen LogP contribution in [0.2, 0.25) is 0 Å². The maximum absolute atomic E-state index is 12.9. The Bertz CT molecular complexity index is 1050. The second-order valence-electron chi connectivity index (χ2n) is 8.12. The Hall–Kier alpha value is -2.60. The van der Waals surface area contributed by atoms with Crippen molar-refractivity contribution < 1.29 is 12.6 Å². The largest absolute Gasteiger partial charge is 0.358 e. The zero-order valence-electron chi connectivity index (χ0n) is 16.9. The summed E-state index contributed by atoms with van der Waals surface area (Å²) in [7, 11) is -3.98. The summed E-state index contributed by atoms with van der Waals surface area (Å²) in [6.45, 7) is 10.2. The number of hydrogen-bond acceptors (Lipinski definition) is 4. The second kappa shape index (κ2) is 7.43. The fourth-order valence-electron chi connectivity index (χ4n) is 2.76. The lowest BCUT2D eigenvalue weighted by molar-refractivity contribution is 0.464. The highest BCUT2D eigenvalue weighted by molar-refractivity contribution is 7.87. The van der Waals surface area contributed by atoms with E-state index in [0.29, 0.717) is 0 Å². The molecule has 6 heteroatoms. The van der Waals surface area contributed by atoms with E-state index in [1.54, 1.807) is 18.2 Å². The van der Waals surface area contributed by atoms with Gasteiger partial charge in [-0.1, -0.05) is 65.0 Å². The topological polar surface area (TPSA) is 61.2 Å². The zero-order valence-corrected chi connectivity index (χ0v) is 17.7. The molecule has 0 radical (unpaired) electrons. The van der Waals surface area contributed by atoms with Crippen molar-refractivity contribution >= 4 is 10.1 Å². The number of para-hydroxylation sites is 1. The van der Waals surface area contributed by atoms with Crippen LogP contribution in [-0.2, 0) is 15.5 Å². The lowest BCUT2D eigenvalue weighted by Crippen LogP contribution is -2.14. The predicted octanol–water partition coefficient (Wildman–Crippen LogP) is 5.06. The van der Waals surface area contributed by atoms with E-state index in [1.807, 2.05) is 56.3 Å². The summed E-state index contributed by atoms with van der Waals surface area (Å²) in [6, 6.07) is 17.8. The minimum Gasteiger partial charge on any atom is -0.358 e. The van der Waals surface area contributed by atoms with Gasteiger partial charge in [0.2, 0.25) is 5.88 Å². The van der Waals surface area contributed by atoms with Gasteiger partial charge in [0.15, 0.2) is 0 Å². The maximum Gasteiger partial charge on any atom is 0.340 e. The molecular formula is C22H26N2O3S. The predicted molar refractivity (Wildman–Crippen MR) is 111 cm³/mol. The number of aromatic nitrogens is 2. The van der Waals surface area contributed by atoms with Gasteiger partial charge in [0.25, 0.3) is 0 Å². The Morgan fingerprint density at radius 1 is 0.964 bits per heavy atom. The van der Waals surface area contributed by atoms with E-state index in [-0.39, 0.29) is 22.1 Å². The van der Waals surface area contributed by atoms with Crippen LogP contribution in [0.15, 0.2) is 65.6 Å². The molecule has 148 valence electrons. The normalized spacial score (nSPS) is 12.4. The minimum absolute atomic E-state index is 0.0543. The van der Waals surface area contributed by atoms with Gasteiger partial charge in [-0.3, -0.25) is 0 Å². The van der Waals surface area contributed by atoms with Crippen LogP contribution in [0, 0.1) is 0 Å². The summed E-state index contributed by atoms with van der Waals surface area (Å²) < 4.78 is 32.8. The van der Waals surface area contributed by atoms with Crippen molar-refractivity contribution in [3.63, 3.8) is 0 Å². The Morgan fingerprint density at radius 3 is 2.11 bits per heavy atom. The van der Waals surface area contributed by atoms with Crippen LogP contribution < -0.4 is 4.18 Å². The number of rotatable bonds is 5. The molecule has 3 rings (SSSR count). The van der Waals surface area contributed by atoms with Gasteiger partial charge in [0.1, 0.15) is 4.90 Å². The van der Waals surface area contributed by atoms with Gasteiger partial charge in [0.05, 0.1) is 11.4 Å². The lowest BCUT2D eigenvalue weighted by Gasteiger charge is -2.19. The first-order valence-electron chi connectivity index (χ1n) is 9.28. The molecule has 28 heavy (non-hydrogen) atoms. The third-order valence-electron chi connectivity index (χ3n) is 4.49. The van der Waals surface area contributed by atoms with E-state index < -0.39 is 10.1 Å². The third kappa shape index (κ3) is 4.28. The fraction of sp³-hybridized carbons (Fsp3) is 0.318. The smallest absolute Gasteiger partial charge is 0.340 e. The quantitative estimate of drug-likeness (QED) is 0.564. The van der Waals surface area contributed by atoms with Crippen molar-refractivity contribution in [1.82, 2.24) is 9.78 Å². The van der Waals surface area contributed by atoms with Crippen molar-refractivity contribution in [2.75, 3.05) is 0 Å². The number of nitrogens with zero attached hydrogens (tertiary/aromatic N) is 2. The van der Waals surface area contributed by atoms with Gasteiger partial charge in [-0.15, -0.1) is 0 Å². The van der Waals surface area contributed by atoms with Crippen LogP contribution in [0.25, 0.3) is 5.69 Å². The van der Waals surface area contributed by atoms with Crippen LogP contribution in [0.1, 0.15) is 51.8 Å². The van der Waals surface area contributed by atoms with Crippen molar-refractivity contribution in [2.45, 2.75) is 50.8 Å². The molecular weight excluding hydrogens is 372 g/mol. The molecule has 2 aromatic carbocycles. The van der Waals surface area contributed by atoms with E-state index in [0.717, 1.165) is 16.9 Å².